The lowest BCUT2D eigenvalue weighted by molar-refractivity contribution is -0.137. The number of fused-ring (bicyclic) bond motifs is 1. The molecule has 1 aromatic carbocycles. The average Bonchev–Trinajstić information content (AvgIpc) is 2.25. The summed E-state index contributed by atoms with van der Waals surface area (Å²) in [4.78, 5) is 22.6. The van der Waals surface area contributed by atoms with Crippen molar-refractivity contribution in [1.82, 2.24) is 4.57 Å². The van der Waals surface area contributed by atoms with Crippen molar-refractivity contribution >= 4 is 16.9 Å². The molecule has 0 saturated heterocycles. The Morgan fingerprint density at radius 1 is 1.24 bits per heavy atom. The summed E-state index contributed by atoms with van der Waals surface area (Å²) in [6.45, 7) is 3.59. The number of hydrogen-bond donors (Lipinski definition) is 1. The number of rotatable bonds is 2. The molecule has 17 heavy (non-hydrogen) atoms. The summed E-state index contributed by atoms with van der Waals surface area (Å²) in [7, 11) is 0. The fourth-order valence-electron chi connectivity index (χ4n) is 2.07. The minimum absolute atomic E-state index is 0.0668. The quantitative estimate of drug-likeness (QED) is 0.855. The average molecular weight is 231 g/mol. The summed E-state index contributed by atoms with van der Waals surface area (Å²) in [6, 6.07) is 5.19. The van der Waals surface area contributed by atoms with E-state index in [1.54, 1.807) is 4.57 Å². The SMILES string of the molecule is Cc1ccc(C)c2c1c(=O)ccn2CC(=O)O. The highest BCUT2D eigenvalue weighted by Crippen LogP contribution is 2.18. The van der Waals surface area contributed by atoms with E-state index in [1.807, 2.05) is 26.0 Å². The first kappa shape index (κ1) is 11.4. The van der Waals surface area contributed by atoms with E-state index in [1.165, 1.54) is 12.3 Å². The van der Waals surface area contributed by atoms with Crippen molar-refractivity contribution in [3.8, 4) is 0 Å². The van der Waals surface area contributed by atoms with Crippen LogP contribution >= 0.6 is 0 Å². The normalized spacial score (nSPS) is 10.7. The fraction of sp³-hybridized carbons (Fsp3) is 0.231. The third kappa shape index (κ3) is 1.93. The maximum absolute atomic E-state index is 11.8. The second-order valence-corrected chi connectivity index (χ2v) is 4.12. The predicted octanol–water partition coefficient (Wildman–Crippen LogP) is 1.70. The van der Waals surface area contributed by atoms with Gasteiger partial charge in [0.25, 0.3) is 0 Å². The Bertz CT molecular complexity index is 655. The van der Waals surface area contributed by atoms with Crippen LogP contribution in [0.1, 0.15) is 11.1 Å². The molecule has 0 aliphatic heterocycles. The molecule has 2 rings (SSSR count). The molecular formula is C13H13NO3. The largest absolute Gasteiger partial charge is 0.480 e. The number of carboxylic acids is 1. The van der Waals surface area contributed by atoms with Crippen LogP contribution in [0.15, 0.2) is 29.2 Å². The molecule has 4 nitrogen and oxygen atoms in total. The van der Waals surface area contributed by atoms with Gasteiger partial charge in [-0.15, -0.1) is 0 Å². The van der Waals surface area contributed by atoms with Gasteiger partial charge in [0.1, 0.15) is 6.54 Å². The van der Waals surface area contributed by atoms with Crippen LogP contribution in [0.4, 0.5) is 0 Å². The summed E-state index contributed by atoms with van der Waals surface area (Å²) < 4.78 is 1.60. The van der Waals surface area contributed by atoms with Gasteiger partial charge >= 0.3 is 5.97 Å². The number of carbonyl (C=O) groups is 1. The number of carboxylic acid groups (broad SMARTS) is 1. The summed E-state index contributed by atoms with van der Waals surface area (Å²) in [6.07, 6.45) is 1.53. The molecule has 88 valence electrons. The van der Waals surface area contributed by atoms with E-state index in [4.69, 9.17) is 5.11 Å². The number of aliphatic carboxylic acids is 1. The molecule has 2 aromatic rings. The van der Waals surface area contributed by atoms with Gasteiger partial charge in [-0.2, -0.15) is 0 Å². The summed E-state index contributed by atoms with van der Waals surface area (Å²) in [5.74, 6) is -0.921. The number of hydrogen-bond acceptors (Lipinski definition) is 2. The zero-order chi connectivity index (χ0) is 12.6. The van der Waals surface area contributed by atoms with Gasteiger partial charge in [-0.1, -0.05) is 12.1 Å². The Morgan fingerprint density at radius 3 is 2.53 bits per heavy atom. The van der Waals surface area contributed by atoms with Gasteiger partial charge in [0.15, 0.2) is 5.43 Å². The molecule has 1 aromatic heterocycles. The lowest BCUT2D eigenvalue weighted by atomic mass is 10.0. The van der Waals surface area contributed by atoms with Crippen molar-refractivity contribution < 1.29 is 9.90 Å². The monoisotopic (exact) mass is 231 g/mol. The molecule has 0 atom stereocenters. The third-order valence-corrected chi connectivity index (χ3v) is 2.83. The maximum Gasteiger partial charge on any atom is 0.323 e. The van der Waals surface area contributed by atoms with Crippen LogP contribution < -0.4 is 5.43 Å². The van der Waals surface area contributed by atoms with Crippen molar-refractivity contribution in [2.24, 2.45) is 0 Å². The fourth-order valence-corrected chi connectivity index (χ4v) is 2.07. The van der Waals surface area contributed by atoms with Gasteiger partial charge in [0.2, 0.25) is 0 Å². The van der Waals surface area contributed by atoms with Crippen LogP contribution in [0.5, 0.6) is 0 Å². The second-order valence-electron chi connectivity index (χ2n) is 4.12. The van der Waals surface area contributed by atoms with Crippen molar-refractivity contribution in [2.75, 3.05) is 0 Å². The lowest BCUT2D eigenvalue weighted by Gasteiger charge is -2.12. The van der Waals surface area contributed by atoms with E-state index >= 15 is 0 Å². The van der Waals surface area contributed by atoms with Crippen LogP contribution in [0, 0.1) is 13.8 Å². The van der Waals surface area contributed by atoms with E-state index in [-0.39, 0.29) is 12.0 Å². The molecule has 0 bridgehead atoms. The Kier molecular flexibility index (Phi) is 2.71. The highest BCUT2D eigenvalue weighted by molar-refractivity contribution is 5.86. The van der Waals surface area contributed by atoms with Gasteiger partial charge in [0, 0.05) is 17.6 Å². The Labute approximate surface area is 98.1 Å². The summed E-state index contributed by atoms with van der Waals surface area (Å²) in [5.41, 5.74) is 2.42. The predicted molar refractivity (Wildman–Crippen MR) is 65.3 cm³/mol. The van der Waals surface area contributed by atoms with Crippen LogP contribution in [0.25, 0.3) is 10.9 Å². The Morgan fingerprint density at radius 2 is 1.88 bits per heavy atom. The first-order valence-corrected chi connectivity index (χ1v) is 5.32. The molecule has 4 heteroatoms. The minimum Gasteiger partial charge on any atom is -0.480 e. The molecule has 0 amide bonds. The van der Waals surface area contributed by atoms with Gasteiger partial charge in [-0.05, 0) is 25.0 Å². The zero-order valence-corrected chi connectivity index (χ0v) is 9.73. The smallest absolute Gasteiger partial charge is 0.323 e. The minimum atomic E-state index is -0.921. The van der Waals surface area contributed by atoms with Gasteiger partial charge in [-0.25, -0.2) is 0 Å². The maximum atomic E-state index is 11.8. The Balaban J connectivity index is 2.88. The molecule has 0 radical (unpaired) electrons. The van der Waals surface area contributed by atoms with Crippen LogP contribution in [-0.2, 0) is 11.3 Å². The molecule has 0 saturated carbocycles. The second kappa shape index (κ2) is 4.05. The molecule has 0 unspecified atom stereocenters. The zero-order valence-electron chi connectivity index (χ0n) is 9.73. The lowest BCUT2D eigenvalue weighted by Crippen LogP contribution is -2.15. The van der Waals surface area contributed by atoms with E-state index in [2.05, 4.69) is 0 Å². The van der Waals surface area contributed by atoms with E-state index in [0.29, 0.717) is 10.9 Å². The van der Waals surface area contributed by atoms with Crippen molar-refractivity contribution in [3.05, 3.63) is 45.7 Å². The summed E-state index contributed by atoms with van der Waals surface area (Å²) >= 11 is 0. The molecule has 0 spiro atoms. The van der Waals surface area contributed by atoms with E-state index in [9.17, 15) is 9.59 Å². The van der Waals surface area contributed by atoms with Gasteiger partial charge in [-0.3, -0.25) is 9.59 Å². The van der Waals surface area contributed by atoms with Gasteiger partial charge < -0.3 is 9.67 Å². The third-order valence-electron chi connectivity index (χ3n) is 2.83. The molecule has 0 aliphatic rings. The molecule has 1 heterocycles. The van der Waals surface area contributed by atoms with Crippen molar-refractivity contribution in [3.63, 3.8) is 0 Å². The first-order valence-electron chi connectivity index (χ1n) is 5.32. The number of aryl methyl sites for hydroxylation is 2. The standard InChI is InChI=1S/C13H13NO3/c1-8-3-4-9(2)13-12(8)10(15)5-6-14(13)7-11(16)17/h3-6H,7H2,1-2H3,(H,16,17). The molecule has 1 N–H and O–H groups in total. The number of pyridine rings is 1. The highest BCUT2D eigenvalue weighted by atomic mass is 16.4. The highest BCUT2D eigenvalue weighted by Gasteiger charge is 2.09. The number of aromatic nitrogens is 1. The number of benzene rings is 1. The van der Waals surface area contributed by atoms with Crippen molar-refractivity contribution in [2.45, 2.75) is 20.4 Å². The molecular weight excluding hydrogens is 218 g/mol. The van der Waals surface area contributed by atoms with Crippen LogP contribution in [0.3, 0.4) is 0 Å². The van der Waals surface area contributed by atoms with Gasteiger partial charge in [0.05, 0.1) is 5.52 Å². The van der Waals surface area contributed by atoms with E-state index < -0.39 is 5.97 Å². The molecule has 0 aliphatic carbocycles. The molecule has 0 fully saturated rings. The van der Waals surface area contributed by atoms with Crippen LogP contribution in [-0.4, -0.2) is 15.6 Å². The summed E-state index contributed by atoms with van der Waals surface area (Å²) in [5, 5.41) is 9.46. The number of nitrogens with zero attached hydrogens (tertiary/aromatic N) is 1. The van der Waals surface area contributed by atoms with Crippen molar-refractivity contribution in [1.29, 1.82) is 0 Å². The first-order chi connectivity index (χ1) is 8.00. The van der Waals surface area contributed by atoms with E-state index in [0.717, 1.165) is 11.1 Å². The van der Waals surface area contributed by atoms with Crippen LogP contribution in [0.2, 0.25) is 0 Å². The Hall–Kier alpha value is -2.10. The topological polar surface area (TPSA) is 59.3 Å².